The van der Waals surface area contributed by atoms with Gasteiger partial charge < -0.3 is 30.5 Å². The first-order valence-corrected chi connectivity index (χ1v) is 12.8. The molecule has 0 bridgehead atoms. The van der Waals surface area contributed by atoms with Gasteiger partial charge in [0.25, 0.3) is 17.6 Å². The number of carboxylic acids is 1. The molecule has 42 heavy (non-hydrogen) atoms. The van der Waals surface area contributed by atoms with Gasteiger partial charge >= 0.3 is 12.0 Å². The molecule has 5 rings (SSSR count). The Morgan fingerprint density at radius 1 is 0.714 bits per heavy atom. The number of nitrogens with one attached hydrogen (secondary N) is 3. The number of hydrogen-bond donors (Lipinski definition) is 4. The van der Waals surface area contributed by atoms with E-state index in [0.29, 0.717) is 35.2 Å². The summed E-state index contributed by atoms with van der Waals surface area (Å²) < 4.78 is 0. The van der Waals surface area contributed by atoms with Gasteiger partial charge in [-0.1, -0.05) is 42.5 Å². The summed E-state index contributed by atoms with van der Waals surface area (Å²) >= 11 is 0. The lowest BCUT2D eigenvalue weighted by Gasteiger charge is -2.34. The van der Waals surface area contributed by atoms with Gasteiger partial charge in [-0.05, 0) is 30.3 Å². The zero-order valence-corrected chi connectivity index (χ0v) is 22.4. The van der Waals surface area contributed by atoms with Crippen molar-refractivity contribution in [1.82, 2.24) is 14.8 Å². The van der Waals surface area contributed by atoms with Crippen LogP contribution in [0.1, 0.15) is 31.1 Å². The number of hydrogen-bond acceptors (Lipinski definition) is 5. The smallest absolute Gasteiger partial charge is 0.337 e. The average Bonchev–Trinajstić information content (AvgIpc) is 3.47. The van der Waals surface area contributed by atoms with Gasteiger partial charge in [-0.15, -0.1) is 12.8 Å². The summed E-state index contributed by atoms with van der Waals surface area (Å²) in [6.07, 6.45) is 9.42. The van der Waals surface area contributed by atoms with Crippen molar-refractivity contribution in [2.75, 3.05) is 36.8 Å². The van der Waals surface area contributed by atoms with Gasteiger partial charge in [0.15, 0.2) is 0 Å². The van der Waals surface area contributed by atoms with Crippen molar-refractivity contribution in [2.45, 2.75) is 0 Å². The first-order valence-electron chi connectivity index (χ1n) is 12.8. The summed E-state index contributed by atoms with van der Waals surface area (Å²) in [6, 6.07) is 19.1. The maximum Gasteiger partial charge on any atom is 0.337 e. The lowest BCUT2D eigenvalue weighted by atomic mass is 10.1. The molecule has 0 spiro atoms. The molecule has 11 heteroatoms. The third kappa shape index (κ3) is 6.13. The Kier molecular flexibility index (Phi) is 8.99. The van der Waals surface area contributed by atoms with Crippen LogP contribution in [0.4, 0.5) is 16.2 Å². The van der Waals surface area contributed by atoms with Gasteiger partial charge in [0.2, 0.25) is 0 Å². The normalized spacial score (nSPS) is 12.5. The highest BCUT2D eigenvalue weighted by Crippen LogP contribution is 2.27. The molecule has 2 heterocycles. The molecule has 1 saturated heterocycles. The van der Waals surface area contributed by atoms with Crippen molar-refractivity contribution < 1.29 is 29.1 Å². The summed E-state index contributed by atoms with van der Waals surface area (Å²) in [7, 11) is 0. The molecule has 1 aromatic heterocycles. The van der Waals surface area contributed by atoms with Crippen LogP contribution < -0.4 is 10.6 Å². The zero-order valence-electron chi connectivity index (χ0n) is 22.4. The maximum atomic E-state index is 13.2. The van der Waals surface area contributed by atoms with Crippen molar-refractivity contribution in [3.8, 4) is 12.8 Å². The van der Waals surface area contributed by atoms with Gasteiger partial charge in [-0.25, -0.2) is 9.59 Å². The fourth-order valence-electron chi connectivity index (χ4n) is 4.64. The number of nitrogens with zero attached hydrogens (tertiary/aromatic N) is 2. The molecule has 0 atom stereocenters. The van der Waals surface area contributed by atoms with E-state index in [4.69, 9.17) is 0 Å². The number of anilines is 2. The van der Waals surface area contributed by atoms with Crippen molar-refractivity contribution in [2.24, 2.45) is 0 Å². The third-order valence-electron chi connectivity index (χ3n) is 6.68. The number of rotatable bonds is 6. The number of terminal acetylenes is 1. The number of piperazine rings is 1. The van der Waals surface area contributed by atoms with Crippen molar-refractivity contribution in [1.29, 1.82) is 0 Å². The van der Waals surface area contributed by atoms with Crippen LogP contribution in [0.15, 0.2) is 79.0 Å². The molecule has 1 fully saturated rings. The van der Waals surface area contributed by atoms with Crippen molar-refractivity contribution in [3.05, 3.63) is 95.7 Å². The number of carbonyl (C=O) groups is 5. The minimum atomic E-state index is -1.18. The number of Topliss-reactive ketones (excluding diaryl/α,β-unsaturated/α-hetero) is 1. The number of carbonyl (C=O) groups excluding carboxylic acids is 4. The molecule has 0 saturated carbocycles. The van der Waals surface area contributed by atoms with E-state index in [1.807, 2.05) is 6.07 Å². The Morgan fingerprint density at radius 2 is 1.31 bits per heavy atom. The molecule has 1 aliphatic heterocycles. The van der Waals surface area contributed by atoms with E-state index in [0.717, 1.165) is 0 Å². The summed E-state index contributed by atoms with van der Waals surface area (Å²) in [4.78, 5) is 69.1. The number of fused-ring (bicyclic) bond motifs is 1. The lowest BCUT2D eigenvalue weighted by molar-refractivity contribution is -0.127. The number of aromatic nitrogens is 1. The number of aromatic amines is 1. The van der Waals surface area contributed by atoms with Gasteiger partial charge in [-0.3, -0.25) is 14.4 Å². The highest BCUT2D eigenvalue weighted by atomic mass is 16.4. The van der Waals surface area contributed by atoms with Crippen LogP contribution in [0.2, 0.25) is 0 Å². The molecule has 0 aliphatic carbocycles. The summed E-state index contributed by atoms with van der Waals surface area (Å²) in [5.74, 6) is -2.68. The topological polar surface area (TPSA) is 152 Å². The summed E-state index contributed by atoms with van der Waals surface area (Å²) in [5.41, 5.74) is 1.55. The van der Waals surface area contributed by atoms with Crippen LogP contribution in [0.5, 0.6) is 0 Å². The molecule has 4 aromatic rings. The molecular weight excluding hydrogens is 538 g/mol. The molecule has 3 aromatic carbocycles. The van der Waals surface area contributed by atoms with E-state index >= 15 is 0 Å². The second-order valence-electron chi connectivity index (χ2n) is 9.14. The number of amides is 4. The Labute approximate surface area is 241 Å². The summed E-state index contributed by atoms with van der Waals surface area (Å²) in [6.45, 7) is 1.09. The maximum absolute atomic E-state index is 13.2. The van der Waals surface area contributed by atoms with E-state index in [1.165, 1.54) is 23.2 Å². The second kappa shape index (κ2) is 13.0. The molecule has 1 aliphatic rings. The van der Waals surface area contributed by atoms with Gasteiger partial charge in [-0.2, -0.15) is 0 Å². The van der Waals surface area contributed by atoms with Crippen LogP contribution in [-0.4, -0.2) is 75.7 Å². The predicted molar refractivity (Wildman–Crippen MR) is 157 cm³/mol. The average molecular weight is 566 g/mol. The minimum absolute atomic E-state index is 0.0626. The van der Waals surface area contributed by atoms with E-state index in [-0.39, 0.29) is 35.8 Å². The largest absolute Gasteiger partial charge is 0.478 e. The van der Waals surface area contributed by atoms with Gasteiger partial charge in [0, 0.05) is 43.3 Å². The fraction of sp³-hybridized carbons (Fsp3) is 0.129. The lowest BCUT2D eigenvalue weighted by Crippen LogP contribution is -2.52. The minimum Gasteiger partial charge on any atom is -0.478 e. The fourth-order valence-corrected chi connectivity index (χ4v) is 4.64. The molecule has 212 valence electrons. The molecular formula is C31H27N5O6. The van der Waals surface area contributed by atoms with Crippen molar-refractivity contribution >= 4 is 51.9 Å². The van der Waals surface area contributed by atoms with Crippen LogP contribution in [-0.2, 0) is 4.79 Å². The number of carboxylic acid groups (broad SMARTS) is 1. The number of urea groups is 1. The Hall–Kier alpha value is -5.89. The number of para-hydroxylation sites is 2. The van der Waals surface area contributed by atoms with Gasteiger partial charge in [0.05, 0.1) is 28.0 Å². The highest BCUT2D eigenvalue weighted by molar-refractivity contribution is 6.45. The number of H-pyrrole nitrogens is 1. The first kappa shape index (κ1) is 29.1. The van der Waals surface area contributed by atoms with E-state index in [9.17, 15) is 29.1 Å². The van der Waals surface area contributed by atoms with E-state index < -0.39 is 23.7 Å². The molecule has 11 nitrogen and oxygen atoms in total. The van der Waals surface area contributed by atoms with Crippen LogP contribution in [0.3, 0.4) is 0 Å². The number of ketones is 1. The van der Waals surface area contributed by atoms with Crippen LogP contribution >= 0.6 is 0 Å². The third-order valence-corrected chi connectivity index (χ3v) is 6.68. The van der Waals surface area contributed by atoms with Gasteiger partial charge in [0.1, 0.15) is 0 Å². The standard InChI is InChI=1S/C29H25N5O6.C2H2/c35-25(27(37)34-15-13-33(14-16-34)26(36)18-7-2-1-3-8-18)21-17-30-24-19(21)10-6-12-23(24)32-29(40)31-22-11-5-4-9-20(22)28(38)39;1-2/h1-12,17,30H,13-16H2,(H,38,39)(H2,31,32,40);1-2H. The Morgan fingerprint density at radius 3 is 2.00 bits per heavy atom. The zero-order chi connectivity index (χ0) is 30.2. The predicted octanol–water partition coefficient (Wildman–Crippen LogP) is 3.93. The Bertz CT molecular complexity index is 1670. The SMILES string of the molecule is C#C.O=C(Nc1ccccc1C(=O)O)Nc1cccc2c(C(=O)C(=O)N3CCN(C(=O)c4ccccc4)CC3)c[nH]c12. The summed E-state index contributed by atoms with van der Waals surface area (Å²) in [5, 5.41) is 14.9. The first-order chi connectivity index (χ1) is 20.3. The monoisotopic (exact) mass is 565 g/mol. The number of aromatic carboxylic acids is 1. The van der Waals surface area contributed by atoms with Crippen LogP contribution in [0.25, 0.3) is 10.9 Å². The van der Waals surface area contributed by atoms with Crippen molar-refractivity contribution in [3.63, 3.8) is 0 Å². The quantitative estimate of drug-likeness (QED) is 0.158. The molecule has 0 unspecified atom stereocenters. The van der Waals surface area contributed by atoms with E-state index in [2.05, 4.69) is 28.5 Å². The van der Waals surface area contributed by atoms with Crippen LogP contribution in [0, 0.1) is 12.8 Å². The van der Waals surface area contributed by atoms with E-state index in [1.54, 1.807) is 59.5 Å². The molecule has 4 N–H and O–H groups in total. The number of benzene rings is 3. The Balaban J connectivity index is 0.00000198. The molecule has 0 radical (unpaired) electrons. The second-order valence-corrected chi connectivity index (χ2v) is 9.14. The molecule has 4 amide bonds. The highest BCUT2D eigenvalue weighted by Gasteiger charge is 2.30.